The van der Waals surface area contributed by atoms with Crippen molar-refractivity contribution in [2.75, 3.05) is 59.7 Å². The molecule has 4 aliphatic rings. The van der Waals surface area contributed by atoms with E-state index < -0.39 is 41.3 Å². The van der Waals surface area contributed by atoms with E-state index in [1.807, 2.05) is 49.7 Å². The number of halogens is 1. The van der Waals surface area contributed by atoms with Gasteiger partial charge < -0.3 is 34.5 Å². The van der Waals surface area contributed by atoms with Crippen LogP contribution in [0.2, 0.25) is 0 Å². The SMILES string of the molecule is CCn1c(-c2cccnc2[C@H](C)OC)c2c3cc(ccc31)C1CSC(=N1)C[C@H](NC(=O)[C@H](C(C)C)N(C)C(=O)[C@H]1CCN(C(=O)CNC)C1)C(=O)N1CCC[C@@H](C(=O)OCC(C)(C)C2)N1I. The van der Waals surface area contributed by atoms with Gasteiger partial charge in [0.15, 0.2) is 0 Å². The summed E-state index contributed by atoms with van der Waals surface area (Å²) in [4.78, 5) is 83.3. The summed E-state index contributed by atoms with van der Waals surface area (Å²) in [7, 11) is 5.03. The largest absolute Gasteiger partial charge is 0.464 e. The molecular weight excluding hydrogens is 974 g/mol. The number of thioether (sulfide) groups is 1. The Morgan fingerprint density at radius 1 is 1.12 bits per heavy atom. The molecule has 6 heterocycles. The van der Waals surface area contributed by atoms with Crippen LogP contribution in [0, 0.1) is 17.3 Å². The van der Waals surface area contributed by atoms with E-state index in [2.05, 4.69) is 60.2 Å². The smallest absolute Gasteiger partial charge is 0.326 e. The van der Waals surface area contributed by atoms with Crippen LogP contribution in [0.5, 0.6) is 0 Å². The van der Waals surface area contributed by atoms with Gasteiger partial charge >= 0.3 is 5.97 Å². The maximum absolute atomic E-state index is 14.9. The van der Waals surface area contributed by atoms with Crippen molar-refractivity contribution in [3.05, 3.63) is 53.3 Å². The number of methoxy groups -OCH3 is 1. The monoisotopic (exact) mass is 1040 g/mol. The quantitative estimate of drug-likeness (QED) is 0.137. The number of nitrogens with zero attached hydrogens (tertiary/aromatic N) is 7. The number of carbonyl (C=O) groups is 5. The van der Waals surface area contributed by atoms with E-state index in [0.29, 0.717) is 51.1 Å². The maximum atomic E-state index is 14.9. The molecule has 6 atom stereocenters. The minimum atomic E-state index is -1.04. The Balaban J connectivity index is 1.26. The summed E-state index contributed by atoms with van der Waals surface area (Å²) in [5.41, 5.74) is 5.64. The molecule has 358 valence electrons. The molecule has 66 heavy (non-hydrogen) atoms. The number of ether oxygens (including phenoxy) is 2. The number of carbonyl (C=O) groups excluding carboxylic acids is 5. The number of hydrogen-bond acceptors (Lipinski definition) is 12. The number of hydrazine groups is 1. The van der Waals surface area contributed by atoms with E-state index in [-0.39, 0.29) is 61.9 Å². The molecule has 6 bridgehead atoms. The highest BCUT2D eigenvalue weighted by atomic mass is 127. The molecule has 2 saturated heterocycles. The highest BCUT2D eigenvalue weighted by Crippen LogP contribution is 2.43. The van der Waals surface area contributed by atoms with E-state index in [1.165, 1.54) is 4.90 Å². The average Bonchev–Trinajstić information content (AvgIpc) is 4.05. The molecule has 0 aliphatic carbocycles. The number of nitrogens with one attached hydrogen (secondary N) is 2. The van der Waals surface area contributed by atoms with Gasteiger partial charge in [0, 0.05) is 103 Å². The summed E-state index contributed by atoms with van der Waals surface area (Å²) in [6.45, 7) is 14.3. The number of likely N-dealkylation sites (tertiary alicyclic amines) is 1. The number of benzene rings is 1. The second-order valence-electron chi connectivity index (χ2n) is 19.1. The van der Waals surface area contributed by atoms with Crippen molar-refractivity contribution in [3.63, 3.8) is 0 Å². The predicted molar refractivity (Wildman–Crippen MR) is 264 cm³/mol. The lowest BCUT2D eigenvalue weighted by atomic mass is 9.84. The first-order chi connectivity index (χ1) is 31.5. The summed E-state index contributed by atoms with van der Waals surface area (Å²) < 4.78 is 16.0. The molecule has 3 aromatic rings. The van der Waals surface area contributed by atoms with Crippen LogP contribution in [0.1, 0.15) is 96.2 Å². The fraction of sp³-hybridized carbons (Fsp3) is 0.604. The third-order valence-corrected chi connectivity index (χ3v) is 15.7. The Hall–Kier alpha value is -4.11. The Morgan fingerprint density at radius 2 is 1.89 bits per heavy atom. The third kappa shape index (κ3) is 10.3. The van der Waals surface area contributed by atoms with Crippen molar-refractivity contribution >= 4 is 80.2 Å². The zero-order valence-corrected chi connectivity index (χ0v) is 42.7. The lowest BCUT2D eigenvalue weighted by Gasteiger charge is -2.41. The molecule has 1 aromatic carbocycles. The number of fused-ring (bicyclic) bond motifs is 5. The van der Waals surface area contributed by atoms with Crippen molar-refractivity contribution in [2.45, 2.75) is 110 Å². The normalized spacial score (nSPS) is 23.7. The lowest BCUT2D eigenvalue weighted by molar-refractivity contribution is -0.163. The van der Waals surface area contributed by atoms with Gasteiger partial charge in [0.2, 0.25) is 17.7 Å². The number of aliphatic imine (C=N–C) groups is 1. The molecule has 0 saturated carbocycles. The van der Waals surface area contributed by atoms with Crippen molar-refractivity contribution in [3.8, 4) is 11.3 Å². The van der Waals surface area contributed by atoms with E-state index in [9.17, 15) is 24.0 Å². The second-order valence-corrected chi connectivity index (χ2v) is 21.2. The minimum Gasteiger partial charge on any atom is -0.464 e. The summed E-state index contributed by atoms with van der Waals surface area (Å²) in [6.07, 6.45) is 3.84. The second kappa shape index (κ2) is 21.0. The Bertz CT molecular complexity index is 2350. The minimum absolute atomic E-state index is 0.0724. The van der Waals surface area contributed by atoms with Gasteiger partial charge in [-0.1, -0.05) is 33.8 Å². The standard InChI is InChI=1S/C48H66IN9O7S/c1-10-56-37-16-15-30-21-33(37)34(43(56)32-13-11-18-51-41(32)29(4)64-9)23-48(5,6)27-65-47(63)38-14-12-19-57(58(38)49)46(62)35(22-39-52-36(30)26-66-39)53-44(60)42(28(2)3)54(8)45(61)31-17-20-55(25-31)40(59)24-50-7/h11,13,15-16,18,21,28-29,31,35-36,38,42,50H,10,12,14,17,19-20,22-27H2,1-9H3,(H,53,60)/t29-,31-,35-,36?,38-,42-/m0/s1. The fourth-order valence-corrected chi connectivity index (χ4v) is 12.0. The molecule has 18 heteroatoms. The zero-order valence-electron chi connectivity index (χ0n) is 39.8. The topological polar surface area (TPSA) is 171 Å². The number of hydrogen-bond donors (Lipinski definition) is 2. The number of cyclic esters (lactones) is 1. The number of aryl methyl sites for hydroxylation is 1. The van der Waals surface area contributed by atoms with Gasteiger partial charge in [-0.2, -0.15) is 0 Å². The van der Waals surface area contributed by atoms with Crippen molar-refractivity contribution in [1.29, 1.82) is 0 Å². The van der Waals surface area contributed by atoms with Crippen LogP contribution in [-0.2, 0) is 46.4 Å². The Labute approximate surface area is 406 Å². The van der Waals surface area contributed by atoms with Crippen LogP contribution < -0.4 is 10.6 Å². The summed E-state index contributed by atoms with van der Waals surface area (Å²) >= 11 is 3.60. The van der Waals surface area contributed by atoms with Gasteiger partial charge in [-0.25, -0.2) is 0 Å². The molecule has 2 fully saturated rings. The first-order valence-corrected chi connectivity index (χ1v) is 25.2. The van der Waals surface area contributed by atoms with Crippen LogP contribution in [0.15, 0.2) is 41.5 Å². The van der Waals surface area contributed by atoms with Crippen LogP contribution in [-0.4, -0.2) is 140 Å². The molecule has 16 nitrogen and oxygen atoms in total. The van der Waals surface area contributed by atoms with Gasteiger partial charge in [-0.05, 0) is 87.9 Å². The Kier molecular flexibility index (Phi) is 15.9. The molecule has 4 aliphatic heterocycles. The molecule has 0 radical (unpaired) electrons. The van der Waals surface area contributed by atoms with Crippen molar-refractivity contribution < 1.29 is 33.4 Å². The number of rotatable bonds is 11. The number of amides is 4. The number of pyridine rings is 1. The summed E-state index contributed by atoms with van der Waals surface area (Å²) in [5.74, 6) is -1.62. The van der Waals surface area contributed by atoms with Crippen molar-refractivity contribution in [2.24, 2.45) is 22.2 Å². The van der Waals surface area contributed by atoms with E-state index in [0.717, 1.165) is 44.0 Å². The molecule has 1 unspecified atom stereocenters. The maximum Gasteiger partial charge on any atom is 0.326 e. The predicted octanol–water partition coefficient (Wildman–Crippen LogP) is 5.73. The molecule has 4 amide bonds. The molecule has 2 aromatic heterocycles. The molecule has 0 spiro atoms. The first kappa shape index (κ1) is 49.8. The van der Waals surface area contributed by atoms with Crippen LogP contribution in [0.4, 0.5) is 0 Å². The highest BCUT2D eigenvalue weighted by molar-refractivity contribution is 14.1. The number of likely N-dealkylation sites (N-methyl/N-ethyl adjacent to an activating group) is 2. The van der Waals surface area contributed by atoms with Crippen LogP contribution >= 0.6 is 34.6 Å². The van der Waals surface area contributed by atoms with E-state index in [1.54, 1.807) is 52.3 Å². The van der Waals surface area contributed by atoms with Crippen LogP contribution in [0.25, 0.3) is 22.2 Å². The van der Waals surface area contributed by atoms with Gasteiger partial charge in [0.05, 0.1) is 47.6 Å². The molecule has 7 rings (SSSR count). The first-order valence-electron chi connectivity index (χ1n) is 23.2. The van der Waals surface area contributed by atoms with Gasteiger partial charge in [-0.15, -0.1) is 15.0 Å². The lowest BCUT2D eigenvalue weighted by Crippen LogP contribution is -2.61. The van der Waals surface area contributed by atoms with Gasteiger partial charge in [0.25, 0.3) is 5.91 Å². The van der Waals surface area contributed by atoms with Crippen LogP contribution in [0.3, 0.4) is 0 Å². The fourth-order valence-electron chi connectivity index (χ4n) is 9.94. The molecular formula is C48H66IN9O7S. The Morgan fingerprint density at radius 3 is 2.61 bits per heavy atom. The van der Waals surface area contributed by atoms with E-state index >= 15 is 0 Å². The summed E-state index contributed by atoms with van der Waals surface area (Å²) in [6, 6.07) is 7.75. The number of aromatic nitrogens is 2. The van der Waals surface area contributed by atoms with Crippen molar-refractivity contribution in [1.82, 2.24) is 38.2 Å². The number of esters is 1. The van der Waals surface area contributed by atoms with E-state index in [4.69, 9.17) is 19.5 Å². The highest BCUT2D eigenvalue weighted by Gasteiger charge is 2.43. The third-order valence-electron chi connectivity index (χ3n) is 13.4. The molecule has 2 N–H and O–H groups in total. The van der Waals surface area contributed by atoms with Gasteiger partial charge in [0.1, 0.15) is 18.1 Å². The van der Waals surface area contributed by atoms with Gasteiger partial charge in [-0.3, -0.25) is 39.0 Å². The average molecular weight is 1040 g/mol. The summed E-state index contributed by atoms with van der Waals surface area (Å²) in [5, 5.41) is 9.34. The zero-order chi connectivity index (χ0) is 47.6.